The van der Waals surface area contributed by atoms with Gasteiger partial charge in [0.2, 0.25) is 0 Å². The number of benzene rings is 1. The summed E-state index contributed by atoms with van der Waals surface area (Å²) in [5.74, 6) is -1.93. The summed E-state index contributed by atoms with van der Waals surface area (Å²) < 4.78 is 37.0. The van der Waals surface area contributed by atoms with Gasteiger partial charge in [0.15, 0.2) is 15.6 Å². The van der Waals surface area contributed by atoms with Crippen molar-refractivity contribution in [3.8, 4) is 0 Å². The topological polar surface area (TPSA) is 71.4 Å². The second kappa shape index (κ2) is 5.16. The number of carbonyl (C=O) groups is 1. The van der Waals surface area contributed by atoms with Crippen LogP contribution >= 0.6 is 0 Å². The molecule has 1 aromatic carbocycles. The Labute approximate surface area is 105 Å². The van der Waals surface area contributed by atoms with Gasteiger partial charge in [0.25, 0.3) is 0 Å². The second-order valence-electron chi connectivity index (χ2n) is 4.38. The van der Waals surface area contributed by atoms with Crippen LogP contribution < -0.4 is 0 Å². The van der Waals surface area contributed by atoms with Crippen LogP contribution in [0.25, 0.3) is 0 Å². The second-order valence-corrected chi connectivity index (χ2v) is 6.37. The Bertz CT molecular complexity index is 576. The van der Waals surface area contributed by atoms with Crippen molar-refractivity contribution >= 4 is 15.6 Å². The summed E-state index contributed by atoms with van der Waals surface area (Å²) in [5, 5.41) is 8.77. The predicted molar refractivity (Wildman–Crippen MR) is 65.0 cm³/mol. The average molecular weight is 274 g/mol. The fourth-order valence-corrected chi connectivity index (χ4v) is 2.51. The molecule has 0 aliphatic carbocycles. The minimum absolute atomic E-state index is 0.0710. The van der Waals surface area contributed by atoms with Crippen LogP contribution in [0.15, 0.2) is 17.0 Å². The van der Waals surface area contributed by atoms with Gasteiger partial charge in [0.05, 0.1) is 10.5 Å². The molecule has 0 radical (unpaired) electrons. The molecule has 0 aliphatic heterocycles. The molecule has 0 saturated heterocycles. The standard InChI is InChI=1S/C12H15FO4S/c1-7(2)8-4-9(13)12(10(15)6-14)11(5-8)18(3,16)17/h4-5,7,14H,6H2,1-3H3. The van der Waals surface area contributed by atoms with E-state index >= 15 is 0 Å². The molecule has 1 N–H and O–H groups in total. The molecular weight excluding hydrogens is 259 g/mol. The summed E-state index contributed by atoms with van der Waals surface area (Å²) in [4.78, 5) is 11.1. The zero-order valence-electron chi connectivity index (χ0n) is 10.4. The number of carbonyl (C=O) groups excluding carboxylic acids is 1. The lowest BCUT2D eigenvalue weighted by molar-refractivity contribution is 0.0896. The number of ketones is 1. The molecule has 0 fully saturated rings. The molecule has 0 atom stereocenters. The highest BCUT2D eigenvalue weighted by molar-refractivity contribution is 7.90. The lowest BCUT2D eigenvalue weighted by atomic mass is 10.00. The first-order valence-corrected chi connectivity index (χ1v) is 7.25. The van der Waals surface area contributed by atoms with Crippen LogP contribution in [-0.2, 0) is 9.84 Å². The Morgan fingerprint density at radius 2 is 1.94 bits per heavy atom. The van der Waals surface area contributed by atoms with E-state index in [1.165, 1.54) is 6.07 Å². The van der Waals surface area contributed by atoms with Crippen molar-refractivity contribution in [3.63, 3.8) is 0 Å². The zero-order valence-corrected chi connectivity index (χ0v) is 11.2. The van der Waals surface area contributed by atoms with E-state index in [9.17, 15) is 17.6 Å². The summed E-state index contributed by atoms with van der Waals surface area (Å²) in [7, 11) is -3.74. The van der Waals surface area contributed by atoms with Gasteiger partial charge in [-0.05, 0) is 23.6 Å². The molecule has 0 heterocycles. The molecule has 0 spiro atoms. The van der Waals surface area contributed by atoms with E-state index in [1.807, 2.05) is 0 Å². The van der Waals surface area contributed by atoms with Crippen LogP contribution in [0, 0.1) is 5.82 Å². The summed E-state index contributed by atoms with van der Waals surface area (Å²) in [6, 6.07) is 2.41. The monoisotopic (exact) mass is 274 g/mol. The number of sulfone groups is 1. The summed E-state index contributed by atoms with van der Waals surface area (Å²) in [5.41, 5.74) is -0.0770. The summed E-state index contributed by atoms with van der Waals surface area (Å²) in [6.07, 6.45) is 0.903. The van der Waals surface area contributed by atoms with Crippen molar-refractivity contribution in [3.05, 3.63) is 29.1 Å². The zero-order chi connectivity index (χ0) is 14.1. The van der Waals surface area contributed by atoms with E-state index < -0.39 is 33.6 Å². The lowest BCUT2D eigenvalue weighted by Gasteiger charge is -2.12. The fraction of sp³-hybridized carbons (Fsp3) is 0.417. The van der Waals surface area contributed by atoms with Gasteiger partial charge < -0.3 is 5.11 Å². The van der Waals surface area contributed by atoms with Crippen molar-refractivity contribution in [1.82, 2.24) is 0 Å². The molecule has 0 aliphatic rings. The fourth-order valence-electron chi connectivity index (χ4n) is 1.58. The molecule has 0 saturated carbocycles. The molecule has 1 aromatic rings. The SMILES string of the molecule is CC(C)c1cc(F)c(C(=O)CO)c(S(C)(=O)=O)c1. The van der Waals surface area contributed by atoms with Crippen molar-refractivity contribution in [1.29, 1.82) is 0 Å². The predicted octanol–water partition coefficient (Wildman–Crippen LogP) is 1.53. The molecule has 4 nitrogen and oxygen atoms in total. The Morgan fingerprint density at radius 1 is 1.39 bits per heavy atom. The minimum atomic E-state index is -3.74. The van der Waals surface area contributed by atoms with Gasteiger partial charge in [0, 0.05) is 6.26 Å². The van der Waals surface area contributed by atoms with E-state index in [-0.39, 0.29) is 10.8 Å². The molecule has 0 bridgehead atoms. The number of aliphatic hydroxyl groups is 1. The molecule has 100 valence electrons. The normalized spacial score (nSPS) is 11.9. The number of hydrogen-bond donors (Lipinski definition) is 1. The molecule has 0 aromatic heterocycles. The smallest absolute Gasteiger partial charge is 0.192 e. The van der Waals surface area contributed by atoms with Crippen molar-refractivity contribution < 1.29 is 22.7 Å². The molecular formula is C12H15FO4S. The Kier molecular flexibility index (Phi) is 4.24. The number of hydrogen-bond acceptors (Lipinski definition) is 4. The Morgan fingerprint density at radius 3 is 2.33 bits per heavy atom. The van der Waals surface area contributed by atoms with Gasteiger partial charge >= 0.3 is 0 Å². The highest BCUT2D eigenvalue weighted by Gasteiger charge is 2.24. The highest BCUT2D eigenvalue weighted by Crippen LogP contribution is 2.25. The third-order valence-electron chi connectivity index (χ3n) is 2.56. The summed E-state index contributed by atoms with van der Waals surface area (Å²) >= 11 is 0. The molecule has 6 heteroatoms. The molecule has 0 unspecified atom stereocenters. The van der Waals surface area contributed by atoms with E-state index in [2.05, 4.69) is 0 Å². The van der Waals surface area contributed by atoms with Gasteiger partial charge in [-0.2, -0.15) is 0 Å². The van der Waals surface area contributed by atoms with Gasteiger partial charge in [0.1, 0.15) is 12.4 Å². The van der Waals surface area contributed by atoms with E-state index in [4.69, 9.17) is 5.11 Å². The Hall–Kier alpha value is -1.27. The largest absolute Gasteiger partial charge is 0.388 e. The van der Waals surface area contributed by atoms with Crippen molar-refractivity contribution in [2.45, 2.75) is 24.7 Å². The quantitative estimate of drug-likeness (QED) is 0.845. The van der Waals surface area contributed by atoms with Crippen LogP contribution in [0.4, 0.5) is 4.39 Å². The number of aliphatic hydroxyl groups excluding tert-OH is 1. The van der Waals surface area contributed by atoms with Gasteiger partial charge in [-0.25, -0.2) is 12.8 Å². The van der Waals surface area contributed by atoms with E-state index in [0.717, 1.165) is 12.3 Å². The van der Waals surface area contributed by atoms with Crippen LogP contribution in [0.1, 0.15) is 35.7 Å². The number of halogens is 1. The maximum absolute atomic E-state index is 13.8. The van der Waals surface area contributed by atoms with Crippen LogP contribution in [0.3, 0.4) is 0 Å². The molecule has 1 rings (SSSR count). The van der Waals surface area contributed by atoms with Crippen molar-refractivity contribution in [2.75, 3.05) is 12.9 Å². The first-order chi connectivity index (χ1) is 8.18. The average Bonchev–Trinajstić information content (AvgIpc) is 2.25. The first kappa shape index (κ1) is 14.8. The first-order valence-electron chi connectivity index (χ1n) is 5.36. The maximum atomic E-state index is 13.8. The van der Waals surface area contributed by atoms with E-state index in [1.54, 1.807) is 13.8 Å². The third kappa shape index (κ3) is 2.94. The van der Waals surface area contributed by atoms with Crippen LogP contribution in [0.2, 0.25) is 0 Å². The van der Waals surface area contributed by atoms with Crippen LogP contribution in [0.5, 0.6) is 0 Å². The number of Topliss-reactive ketones (excluding diaryl/α,β-unsaturated/α-hetero) is 1. The third-order valence-corrected chi connectivity index (χ3v) is 3.69. The van der Waals surface area contributed by atoms with Gasteiger partial charge in [-0.1, -0.05) is 13.8 Å². The lowest BCUT2D eigenvalue weighted by Crippen LogP contribution is -2.15. The molecule has 0 amide bonds. The maximum Gasteiger partial charge on any atom is 0.192 e. The highest BCUT2D eigenvalue weighted by atomic mass is 32.2. The van der Waals surface area contributed by atoms with Crippen LogP contribution in [-0.4, -0.2) is 32.2 Å². The Balaban J connectivity index is 3.66. The summed E-state index contributed by atoms with van der Waals surface area (Å²) in [6.45, 7) is 2.64. The molecule has 18 heavy (non-hydrogen) atoms. The van der Waals surface area contributed by atoms with Gasteiger partial charge in [-0.15, -0.1) is 0 Å². The van der Waals surface area contributed by atoms with Gasteiger partial charge in [-0.3, -0.25) is 4.79 Å². The van der Waals surface area contributed by atoms with E-state index in [0.29, 0.717) is 5.56 Å². The van der Waals surface area contributed by atoms with Crippen molar-refractivity contribution in [2.24, 2.45) is 0 Å². The number of rotatable bonds is 4. The minimum Gasteiger partial charge on any atom is -0.388 e.